The number of ether oxygens (including phenoxy) is 2. The fourth-order valence-corrected chi connectivity index (χ4v) is 11.1. The Morgan fingerprint density at radius 3 is 1.76 bits per heavy atom. The Labute approximate surface area is 568 Å². The third-order valence-electron chi connectivity index (χ3n) is 14.7. The van der Waals surface area contributed by atoms with Crippen LogP contribution in [0.15, 0.2) is 171 Å². The van der Waals surface area contributed by atoms with E-state index in [0.29, 0.717) is 40.8 Å². The van der Waals surface area contributed by atoms with Gasteiger partial charge in [-0.15, -0.1) is 0 Å². The molecule has 0 aliphatic heterocycles. The number of benzene rings is 5. The van der Waals surface area contributed by atoms with E-state index in [1.54, 1.807) is 22.5 Å². The number of alkyl halides is 2. The van der Waals surface area contributed by atoms with Crippen LogP contribution in [0, 0.1) is 11.6 Å². The number of imidazole rings is 1. The summed E-state index contributed by atoms with van der Waals surface area (Å²) in [5, 5.41) is 19.4. The first-order valence-electron chi connectivity index (χ1n) is 28.1. The van der Waals surface area contributed by atoms with E-state index in [9.17, 15) is 28.0 Å². The van der Waals surface area contributed by atoms with Gasteiger partial charge in [0.2, 0.25) is 0 Å². The van der Waals surface area contributed by atoms with Gasteiger partial charge in [0.25, 0.3) is 11.8 Å². The first-order chi connectivity index (χ1) is 43.4. The number of halogens is 6. The Balaban J connectivity index is 0.000000158. The number of hydrogen-bond donors (Lipinski definition) is 5. The van der Waals surface area contributed by atoms with Gasteiger partial charge in [-0.3, -0.25) is 14.7 Å². The average Bonchev–Trinajstić information content (AvgIpc) is 1.88. The summed E-state index contributed by atoms with van der Waals surface area (Å²) in [4.78, 5) is 62.1. The number of aromatic amines is 1. The van der Waals surface area contributed by atoms with E-state index in [-0.39, 0.29) is 47.2 Å². The topological polar surface area (TPSA) is 249 Å². The molecule has 2 atom stereocenters. The average molecular weight is 1590 g/mol. The summed E-state index contributed by atoms with van der Waals surface area (Å²) in [5.74, 6) is -0.794. The molecule has 5 aromatic heterocycles. The SMILES string of the molecule is Cn1cc2c(c1C(=O)Nc1ccc(F)c(Cl)c1)CCCC2N.Cn1cc2c(c1C(=O)Nc1ccc(F)c(Cl)c1)CCCC2NC(=O)OCc1ncn[nH]1.O=C(OCc1ncn(C(c2ccccc2)(c2ccccc2)c2ccccc2)n1)n1ccnc1.[In][CH](I)I. The van der Waals surface area contributed by atoms with Crippen molar-refractivity contribution in [3.8, 4) is 0 Å². The van der Waals surface area contributed by atoms with Crippen LogP contribution in [0.3, 0.4) is 0 Å². The third kappa shape index (κ3) is 16.5. The van der Waals surface area contributed by atoms with Crippen molar-refractivity contribution < 1.29 is 37.4 Å². The number of anilines is 2. The van der Waals surface area contributed by atoms with E-state index in [0.717, 1.165) is 70.7 Å². The van der Waals surface area contributed by atoms with Crippen LogP contribution in [0.4, 0.5) is 29.7 Å². The van der Waals surface area contributed by atoms with Crippen LogP contribution < -0.4 is 21.7 Å². The van der Waals surface area contributed by atoms with Crippen molar-refractivity contribution in [1.82, 2.24) is 53.9 Å². The van der Waals surface area contributed by atoms with Crippen molar-refractivity contribution in [1.29, 1.82) is 0 Å². The van der Waals surface area contributed by atoms with Gasteiger partial charge in [0.1, 0.15) is 47.5 Å². The number of hydrogen-bond acceptors (Lipinski definition) is 12. The summed E-state index contributed by atoms with van der Waals surface area (Å²) in [6.45, 7) is -0.0768. The second-order valence-corrected chi connectivity index (χ2v) is 36.1. The molecule has 5 aromatic carbocycles. The molecule has 2 aliphatic rings. The van der Waals surface area contributed by atoms with Gasteiger partial charge in [0, 0.05) is 56.3 Å². The Morgan fingerprint density at radius 2 is 1.26 bits per heavy atom. The van der Waals surface area contributed by atoms with Gasteiger partial charge >= 0.3 is 81.4 Å². The molecular formula is C63H59Cl2F2I2InN14O6. The first-order valence-corrected chi connectivity index (χ1v) is 33.2. The number of amides is 3. The molecule has 5 heterocycles. The first kappa shape index (κ1) is 67.0. The number of aryl methyl sites for hydroxylation is 2. The molecule has 6 N–H and O–H groups in total. The van der Waals surface area contributed by atoms with E-state index in [2.05, 4.69) is 123 Å². The molecule has 20 nitrogen and oxygen atoms in total. The number of rotatable bonds is 13. The molecule has 0 spiro atoms. The maximum absolute atomic E-state index is 13.4. The van der Waals surface area contributed by atoms with Crippen molar-refractivity contribution in [2.24, 2.45) is 19.8 Å². The number of nitrogens with zero attached hydrogens (tertiary/aromatic N) is 9. The van der Waals surface area contributed by atoms with Crippen molar-refractivity contribution in [3.05, 3.63) is 255 Å². The van der Waals surface area contributed by atoms with Crippen molar-refractivity contribution in [2.45, 2.75) is 69.0 Å². The van der Waals surface area contributed by atoms with Gasteiger partial charge in [0.05, 0.1) is 16.1 Å². The molecule has 2 radical (unpaired) electrons. The number of carbonyl (C=O) groups excluding carboxylic acids is 4. The van der Waals surface area contributed by atoms with Crippen molar-refractivity contribution >= 4 is 128 Å². The molecular weight excluding hydrogens is 1530 g/mol. The van der Waals surface area contributed by atoms with Crippen LogP contribution in [-0.2, 0) is 55.2 Å². The van der Waals surface area contributed by atoms with E-state index in [1.807, 2.05) is 78.7 Å². The van der Waals surface area contributed by atoms with Crippen LogP contribution in [-0.4, -0.2) is 96.7 Å². The zero-order valence-corrected chi connectivity index (χ0v) is 57.6. The molecule has 0 bridgehead atoms. The molecule has 90 heavy (non-hydrogen) atoms. The Kier molecular flexibility index (Phi) is 23.5. The van der Waals surface area contributed by atoms with Crippen molar-refractivity contribution in [3.63, 3.8) is 0 Å². The predicted molar refractivity (Wildman–Crippen MR) is 355 cm³/mol. The second-order valence-electron chi connectivity index (χ2n) is 20.6. The molecule has 2 unspecified atom stereocenters. The molecule has 27 heteroatoms. The van der Waals surface area contributed by atoms with Gasteiger partial charge in [-0.05, 0) is 114 Å². The number of nitrogens with one attached hydrogen (secondary N) is 4. The quantitative estimate of drug-likeness (QED) is 0.0411. The normalized spacial score (nSPS) is 14.0. The van der Waals surface area contributed by atoms with Gasteiger partial charge < -0.3 is 40.3 Å². The van der Waals surface area contributed by atoms with Gasteiger partial charge in [-0.25, -0.2) is 42.6 Å². The van der Waals surface area contributed by atoms with Gasteiger partial charge in [-0.1, -0.05) is 114 Å². The van der Waals surface area contributed by atoms with E-state index in [1.165, 1.54) is 90.4 Å². The standard InChI is InChI=1S/C26H21N5O2.C20H20ClFN6O3.C16H17ClFN3O.CHI2.In/c32-25(30-17-16-27-19-30)33-18-24-28-20-31(29-24)26(21-10-4-1-5-11-21,22-12-6-2-7-13-22)23-14-8-3-9-15-23;1-28-8-13-12(18(28)19(29)25-11-5-6-15(22)14(21)7-11)3-2-4-16(13)26-20(30)31-9-17-23-10-24-27-17;1-21-8-11-10(3-2-4-14(11)19)15(21)16(22)20-9-5-6-13(18)12(17)7-9;2-1-3;/h1-17,19-20H,18H2;5-8,10,16H,2-4,9H2,1H3,(H,25,29)(H,26,30)(H,23,24,27);5-8,14H,2-4,19H2,1H3,(H,20,22);1H;. The summed E-state index contributed by atoms with van der Waals surface area (Å²) >= 11 is 17.7. The molecule has 0 saturated carbocycles. The van der Waals surface area contributed by atoms with Crippen LogP contribution in [0.5, 0.6) is 0 Å². The van der Waals surface area contributed by atoms with Crippen LogP contribution in [0.25, 0.3) is 0 Å². The number of fused-ring (bicyclic) bond motifs is 2. The predicted octanol–water partition coefficient (Wildman–Crippen LogP) is 12.7. The third-order valence-corrected chi connectivity index (χ3v) is 15.2. The molecule has 462 valence electrons. The Morgan fingerprint density at radius 1 is 0.733 bits per heavy atom. The maximum atomic E-state index is 13.4. The van der Waals surface area contributed by atoms with E-state index < -0.39 is 29.4 Å². The number of H-pyrrole nitrogens is 1. The molecule has 12 rings (SSSR count). The fourth-order valence-electron chi connectivity index (χ4n) is 10.8. The fraction of sp³-hybridized carbons (Fsp3) is 0.222. The summed E-state index contributed by atoms with van der Waals surface area (Å²) < 4.78 is 44.6. The molecule has 2 aliphatic carbocycles. The van der Waals surface area contributed by atoms with E-state index >= 15 is 0 Å². The van der Waals surface area contributed by atoms with Crippen LogP contribution in [0.1, 0.15) is 109 Å². The molecule has 10 aromatic rings. The van der Waals surface area contributed by atoms with Crippen molar-refractivity contribution in [2.75, 3.05) is 10.6 Å². The summed E-state index contributed by atoms with van der Waals surface area (Å²) in [5.41, 5.74) is 14.2. The number of aromatic nitrogens is 10. The molecule has 0 fully saturated rings. The van der Waals surface area contributed by atoms with E-state index in [4.69, 9.17) is 43.5 Å². The molecule has 3 amide bonds. The number of nitrogens with two attached hydrogens (primary N) is 1. The van der Waals surface area contributed by atoms with Crippen LogP contribution >= 0.6 is 68.4 Å². The van der Waals surface area contributed by atoms with Gasteiger partial charge in [0.15, 0.2) is 24.9 Å². The zero-order valence-electron chi connectivity index (χ0n) is 48.5. The van der Waals surface area contributed by atoms with Crippen LogP contribution in [0.2, 0.25) is 10.0 Å². The zero-order chi connectivity index (χ0) is 63.9. The minimum atomic E-state index is -0.761. The minimum absolute atomic E-state index is 0.0169. The summed E-state index contributed by atoms with van der Waals surface area (Å²) in [6.07, 6.45) is 15.1. The monoisotopic (exact) mass is 1580 g/mol. The second kappa shape index (κ2) is 31.5. The number of carbonyl (C=O) groups is 4. The molecule has 0 saturated heterocycles. The van der Waals surface area contributed by atoms with Gasteiger partial charge in [-0.2, -0.15) is 10.2 Å². The Hall–Kier alpha value is -7.44. The number of alkyl carbamates (subject to hydrolysis) is 1. The summed E-state index contributed by atoms with van der Waals surface area (Å²) in [6, 6.07) is 38.4. The Bertz CT molecular complexity index is 3950. The summed E-state index contributed by atoms with van der Waals surface area (Å²) in [7, 11) is 3.60.